The molecule has 2 rings (SSSR count). The number of carbonyl (C=O) groups excluding carboxylic acids is 1. The summed E-state index contributed by atoms with van der Waals surface area (Å²) >= 11 is 0. The Morgan fingerprint density at radius 3 is 2.50 bits per heavy atom. The molecule has 2 heterocycles. The van der Waals surface area contributed by atoms with Crippen LogP contribution in [0.1, 0.15) is 19.3 Å². The van der Waals surface area contributed by atoms with E-state index in [4.69, 9.17) is 10.5 Å². The zero-order chi connectivity index (χ0) is 9.97. The topological polar surface area (TPSA) is 55.6 Å². The van der Waals surface area contributed by atoms with Gasteiger partial charge in [-0.2, -0.15) is 0 Å². The molecule has 0 bridgehead atoms. The Morgan fingerprint density at radius 1 is 1.29 bits per heavy atom. The third-order valence-electron chi connectivity index (χ3n) is 3.35. The molecule has 0 aromatic heterocycles. The van der Waals surface area contributed by atoms with E-state index in [1.807, 2.05) is 0 Å². The van der Waals surface area contributed by atoms with Crippen LogP contribution >= 0.6 is 0 Å². The second-order valence-electron chi connectivity index (χ2n) is 4.23. The lowest BCUT2D eigenvalue weighted by molar-refractivity contribution is -0.123. The Labute approximate surface area is 84.4 Å². The summed E-state index contributed by atoms with van der Waals surface area (Å²) in [6.07, 6.45) is 2.99. The standard InChI is InChI=1S/C10H18N2O2/c11-10(13)8-1-4-12(5-2-8)9-3-6-14-7-9/h8-9H,1-7H2,(H2,11,13)/t9-/m1/s1. The predicted molar refractivity (Wildman–Crippen MR) is 52.7 cm³/mol. The predicted octanol–water partition coefficient (Wildman–Crippen LogP) is -0.0274. The summed E-state index contributed by atoms with van der Waals surface area (Å²) in [6, 6.07) is 0.587. The first-order chi connectivity index (χ1) is 6.77. The van der Waals surface area contributed by atoms with Crippen LogP contribution < -0.4 is 5.73 Å². The van der Waals surface area contributed by atoms with Crippen molar-refractivity contribution in [1.29, 1.82) is 0 Å². The molecule has 2 saturated heterocycles. The van der Waals surface area contributed by atoms with Crippen LogP contribution in [0.4, 0.5) is 0 Å². The molecule has 4 nitrogen and oxygen atoms in total. The largest absolute Gasteiger partial charge is 0.380 e. The first-order valence-corrected chi connectivity index (χ1v) is 5.38. The van der Waals surface area contributed by atoms with Crippen molar-refractivity contribution in [3.05, 3.63) is 0 Å². The minimum Gasteiger partial charge on any atom is -0.380 e. The van der Waals surface area contributed by atoms with Crippen LogP contribution in [-0.2, 0) is 9.53 Å². The number of carbonyl (C=O) groups is 1. The molecule has 2 aliphatic rings. The number of hydrogen-bond acceptors (Lipinski definition) is 3. The van der Waals surface area contributed by atoms with Gasteiger partial charge in [0.2, 0.25) is 5.91 Å². The van der Waals surface area contributed by atoms with Gasteiger partial charge in [-0.25, -0.2) is 0 Å². The highest BCUT2D eigenvalue weighted by Crippen LogP contribution is 2.21. The second-order valence-corrected chi connectivity index (χ2v) is 4.23. The van der Waals surface area contributed by atoms with Crippen LogP contribution in [0.15, 0.2) is 0 Å². The molecule has 0 aromatic carbocycles. The van der Waals surface area contributed by atoms with Gasteiger partial charge in [0.25, 0.3) is 0 Å². The molecule has 1 amide bonds. The van der Waals surface area contributed by atoms with Crippen molar-refractivity contribution in [3.8, 4) is 0 Å². The highest BCUT2D eigenvalue weighted by atomic mass is 16.5. The van der Waals surface area contributed by atoms with Crippen LogP contribution in [-0.4, -0.2) is 43.2 Å². The molecule has 2 aliphatic heterocycles. The zero-order valence-electron chi connectivity index (χ0n) is 8.45. The molecule has 0 saturated carbocycles. The number of hydrogen-bond donors (Lipinski definition) is 1. The molecule has 2 fully saturated rings. The van der Waals surface area contributed by atoms with Crippen molar-refractivity contribution < 1.29 is 9.53 Å². The fraction of sp³-hybridized carbons (Fsp3) is 0.900. The molecule has 0 unspecified atom stereocenters. The van der Waals surface area contributed by atoms with Crippen molar-refractivity contribution in [2.24, 2.45) is 11.7 Å². The van der Waals surface area contributed by atoms with Gasteiger partial charge in [0.05, 0.1) is 6.61 Å². The van der Waals surface area contributed by atoms with E-state index in [1.165, 1.54) is 0 Å². The summed E-state index contributed by atoms with van der Waals surface area (Å²) in [5.41, 5.74) is 5.28. The zero-order valence-corrected chi connectivity index (χ0v) is 8.45. The minimum atomic E-state index is -0.132. The normalized spacial score (nSPS) is 30.7. The Balaban J connectivity index is 1.80. The Morgan fingerprint density at radius 2 is 2.00 bits per heavy atom. The van der Waals surface area contributed by atoms with Gasteiger partial charge in [-0.3, -0.25) is 9.69 Å². The molecule has 0 radical (unpaired) electrons. The highest BCUT2D eigenvalue weighted by Gasteiger charge is 2.29. The van der Waals surface area contributed by atoms with E-state index in [9.17, 15) is 4.79 Å². The minimum absolute atomic E-state index is 0.105. The van der Waals surface area contributed by atoms with E-state index in [0.29, 0.717) is 6.04 Å². The van der Waals surface area contributed by atoms with Gasteiger partial charge in [-0.05, 0) is 32.4 Å². The van der Waals surface area contributed by atoms with Crippen LogP contribution in [0, 0.1) is 5.92 Å². The molecular formula is C10H18N2O2. The molecule has 80 valence electrons. The Bertz CT molecular complexity index is 206. The first kappa shape index (κ1) is 9.93. The maximum atomic E-state index is 11.0. The van der Waals surface area contributed by atoms with Crippen LogP contribution in [0.25, 0.3) is 0 Å². The average Bonchev–Trinajstić information content (AvgIpc) is 2.71. The molecule has 0 aromatic rings. The summed E-state index contributed by atoms with van der Waals surface area (Å²) in [5, 5.41) is 0. The summed E-state index contributed by atoms with van der Waals surface area (Å²) in [6.45, 7) is 3.75. The maximum Gasteiger partial charge on any atom is 0.220 e. The Kier molecular flexibility index (Phi) is 3.03. The van der Waals surface area contributed by atoms with Crippen molar-refractivity contribution >= 4 is 5.91 Å². The fourth-order valence-electron chi connectivity index (χ4n) is 2.36. The number of likely N-dealkylation sites (tertiary alicyclic amines) is 1. The van der Waals surface area contributed by atoms with Gasteiger partial charge in [0.15, 0.2) is 0 Å². The molecule has 1 atom stereocenters. The lowest BCUT2D eigenvalue weighted by Crippen LogP contribution is -2.44. The van der Waals surface area contributed by atoms with Crippen molar-refractivity contribution in [3.63, 3.8) is 0 Å². The van der Waals surface area contributed by atoms with Crippen LogP contribution in [0.5, 0.6) is 0 Å². The average molecular weight is 198 g/mol. The number of piperidine rings is 1. The quantitative estimate of drug-likeness (QED) is 0.678. The monoisotopic (exact) mass is 198 g/mol. The van der Waals surface area contributed by atoms with Crippen molar-refractivity contribution in [2.75, 3.05) is 26.3 Å². The van der Waals surface area contributed by atoms with Gasteiger partial charge in [-0.1, -0.05) is 0 Å². The van der Waals surface area contributed by atoms with Gasteiger partial charge in [-0.15, -0.1) is 0 Å². The van der Waals surface area contributed by atoms with Crippen LogP contribution in [0.3, 0.4) is 0 Å². The summed E-state index contributed by atoms with van der Waals surface area (Å²) < 4.78 is 5.35. The van der Waals surface area contributed by atoms with Gasteiger partial charge >= 0.3 is 0 Å². The number of nitrogens with two attached hydrogens (primary N) is 1. The van der Waals surface area contributed by atoms with E-state index in [-0.39, 0.29) is 11.8 Å². The van der Waals surface area contributed by atoms with Gasteiger partial charge in [0, 0.05) is 18.6 Å². The highest BCUT2D eigenvalue weighted by molar-refractivity contribution is 5.76. The van der Waals surface area contributed by atoms with Crippen LogP contribution in [0.2, 0.25) is 0 Å². The van der Waals surface area contributed by atoms with E-state index >= 15 is 0 Å². The lowest BCUT2D eigenvalue weighted by Gasteiger charge is -2.34. The molecule has 4 heteroatoms. The van der Waals surface area contributed by atoms with Crippen molar-refractivity contribution in [1.82, 2.24) is 4.90 Å². The van der Waals surface area contributed by atoms with E-state index in [2.05, 4.69) is 4.90 Å². The summed E-state index contributed by atoms with van der Waals surface area (Å²) in [7, 11) is 0. The van der Waals surface area contributed by atoms with E-state index < -0.39 is 0 Å². The number of amides is 1. The smallest absolute Gasteiger partial charge is 0.220 e. The SMILES string of the molecule is NC(=O)C1CCN([C@@H]2CCOC2)CC1. The number of primary amides is 1. The first-order valence-electron chi connectivity index (χ1n) is 5.38. The third-order valence-corrected chi connectivity index (χ3v) is 3.35. The van der Waals surface area contributed by atoms with E-state index in [1.54, 1.807) is 0 Å². The molecule has 2 N–H and O–H groups in total. The van der Waals surface area contributed by atoms with E-state index in [0.717, 1.165) is 45.6 Å². The number of ether oxygens (including phenoxy) is 1. The summed E-state index contributed by atoms with van der Waals surface area (Å²) in [4.78, 5) is 13.4. The third kappa shape index (κ3) is 2.07. The van der Waals surface area contributed by atoms with Crippen molar-refractivity contribution in [2.45, 2.75) is 25.3 Å². The molecular weight excluding hydrogens is 180 g/mol. The fourth-order valence-corrected chi connectivity index (χ4v) is 2.36. The van der Waals surface area contributed by atoms with Gasteiger partial charge < -0.3 is 10.5 Å². The number of rotatable bonds is 2. The van der Waals surface area contributed by atoms with Gasteiger partial charge in [0.1, 0.15) is 0 Å². The molecule has 0 aliphatic carbocycles. The second kappa shape index (κ2) is 4.28. The number of nitrogens with zero attached hydrogens (tertiary/aromatic N) is 1. The molecule has 0 spiro atoms. The maximum absolute atomic E-state index is 11.0. The summed E-state index contributed by atoms with van der Waals surface area (Å²) in [5.74, 6) is -0.0270. The Hall–Kier alpha value is -0.610. The molecule has 14 heavy (non-hydrogen) atoms. The lowest BCUT2D eigenvalue weighted by atomic mass is 9.95.